The standard InChI is InChI=1S/C15H21N3O2/c1-11(18-20)13-9-5-6-10-14(13)17-15(19)16-12-7-3-2-4-8-12/h5-6,9-10,12,20H,2-4,7-8H2,1H3,(H2,16,17,19)/b18-11+. The molecule has 5 nitrogen and oxygen atoms in total. The quantitative estimate of drug-likeness (QED) is 0.449. The van der Waals surface area contributed by atoms with E-state index in [1.54, 1.807) is 13.0 Å². The molecule has 1 aliphatic carbocycles. The minimum Gasteiger partial charge on any atom is -0.411 e. The Bertz CT molecular complexity index is 494. The van der Waals surface area contributed by atoms with Gasteiger partial charge in [-0.05, 0) is 25.8 Å². The molecule has 5 heteroatoms. The van der Waals surface area contributed by atoms with Crippen molar-refractivity contribution in [3.05, 3.63) is 29.8 Å². The second-order valence-corrected chi connectivity index (χ2v) is 5.16. The van der Waals surface area contributed by atoms with E-state index in [-0.39, 0.29) is 12.1 Å². The van der Waals surface area contributed by atoms with Gasteiger partial charge in [0.1, 0.15) is 0 Å². The molecule has 20 heavy (non-hydrogen) atoms. The van der Waals surface area contributed by atoms with Crippen molar-refractivity contribution in [2.24, 2.45) is 5.16 Å². The number of hydrogen-bond acceptors (Lipinski definition) is 3. The van der Waals surface area contributed by atoms with Crippen LogP contribution in [0.4, 0.5) is 10.5 Å². The van der Waals surface area contributed by atoms with Crippen molar-refractivity contribution >= 4 is 17.4 Å². The fourth-order valence-electron chi connectivity index (χ4n) is 2.55. The van der Waals surface area contributed by atoms with Gasteiger partial charge in [0.05, 0.1) is 11.4 Å². The third kappa shape index (κ3) is 3.73. The van der Waals surface area contributed by atoms with Crippen LogP contribution in [0.1, 0.15) is 44.6 Å². The van der Waals surface area contributed by atoms with Gasteiger partial charge in [0.15, 0.2) is 0 Å². The number of nitrogens with zero attached hydrogens (tertiary/aromatic N) is 1. The molecule has 2 rings (SSSR count). The number of amides is 2. The smallest absolute Gasteiger partial charge is 0.319 e. The first-order valence-corrected chi connectivity index (χ1v) is 7.06. The van der Waals surface area contributed by atoms with Crippen molar-refractivity contribution in [2.45, 2.75) is 45.1 Å². The first-order chi connectivity index (χ1) is 9.70. The van der Waals surface area contributed by atoms with Crippen LogP contribution in [0.2, 0.25) is 0 Å². The minimum atomic E-state index is -0.199. The van der Waals surface area contributed by atoms with Crippen molar-refractivity contribution in [3.63, 3.8) is 0 Å². The molecule has 1 aromatic rings. The van der Waals surface area contributed by atoms with E-state index >= 15 is 0 Å². The first-order valence-electron chi connectivity index (χ1n) is 7.06. The summed E-state index contributed by atoms with van der Waals surface area (Å²) in [6.07, 6.45) is 5.71. The van der Waals surface area contributed by atoms with Gasteiger partial charge in [0.2, 0.25) is 0 Å². The Balaban J connectivity index is 2.00. The third-order valence-corrected chi connectivity index (χ3v) is 3.66. The van der Waals surface area contributed by atoms with Gasteiger partial charge in [-0.1, -0.05) is 42.6 Å². The summed E-state index contributed by atoms with van der Waals surface area (Å²) in [5, 5.41) is 17.9. The van der Waals surface area contributed by atoms with Gasteiger partial charge in [-0.2, -0.15) is 0 Å². The molecule has 0 radical (unpaired) electrons. The molecule has 0 unspecified atom stereocenters. The van der Waals surface area contributed by atoms with Crippen LogP contribution in [0.3, 0.4) is 0 Å². The van der Waals surface area contributed by atoms with Crippen LogP contribution in [0.25, 0.3) is 0 Å². The van der Waals surface area contributed by atoms with Gasteiger partial charge in [-0.15, -0.1) is 0 Å². The Hall–Kier alpha value is -2.04. The highest BCUT2D eigenvalue weighted by Gasteiger charge is 2.16. The molecule has 0 heterocycles. The average Bonchev–Trinajstić information content (AvgIpc) is 2.48. The summed E-state index contributed by atoms with van der Waals surface area (Å²) in [5.74, 6) is 0. The van der Waals surface area contributed by atoms with E-state index < -0.39 is 0 Å². The number of para-hydroxylation sites is 1. The number of nitrogens with one attached hydrogen (secondary N) is 2. The van der Waals surface area contributed by atoms with Crippen LogP contribution in [0.15, 0.2) is 29.4 Å². The van der Waals surface area contributed by atoms with Crippen molar-refractivity contribution in [2.75, 3.05) is 5.32 Å². The Labute approximate surface area is 119 Å². The minimum absolute atomic E-state index is 0.199. The van der Waals surface area contributed by atoms with E-state index in [1.807, 2.05) is 18.2 Å². The lowest BCUT2D eigenvalue weighted by molar-refractivity contribution is 0.244. The Morgan fingerprint density at radius 1 is 1.25 bits per heavy atom. The van der Waals surface area contributed by atoms with Crippen molar-refractivity contribution < 1.29 is 10.0 Å². The zero-order valence-electron chi connectivity index (χ0n) is 11.7. The number of rotatable bonds is 3. The summed E-state index contributed by atoms with van der Waals surface area (Å²) in [4.78, 5) is 12.0. The van der Waals surface area contributed by atoms with Gasteiger partial charge in [0.25, 0.3) is 0 Å². The molecular weight excluding hydrogens is 254 g/mol. The monoisotopic (exact) mass is 275 g/mol. The molecular formula is C15H21N3O2. The lowest BCUT2D eigenvalue weighted by Gasteiger charge is -2.23. The maximum atomic E-state index is 12.0. The van der Waals surface area contributed by atoms with Crippen LogP contribution in [-0.2, 0) is 0 Å². The maximum Gasteiger partial charge on any atom is 0.319 e. The molecule has 0 spiro atoms. The van der Waals surface area contributed by atoms with E-state index in [4.69, 9.17) is 5.21 Å². The SMILES string of the molecule is C/C(=N\O)c1ccccc1NC(=O)NC1CCCCC1. The van der Waals surface area contributed by atoms with Crippen LogP contribution < -0.4 is 10.6 Å². The van der Waals surface area contributed by atoms with E-state index in [2.05, 4.69) is 15.8 Å². The molecule has 2 amide bonds. The largest absolute Gasteiger partial charge is 0.411 e. The molecule has 1 saturated carbocycles. The molecule has 0 aliphatic heterocycles. The molecule has 108 valence electrons. The summed E-state index contributed by atoms with van der Waals surface area (Å²) in [6.45, 7) is 1.69. The number of benzene rings is 1. The highest BCUT2D eigenvalue weighted by atomic mass is 16.4. The fourth-order valence-corrected chi connectivity index (χ4v) is 2.55. The molecule has 0 atom stereocenters. The summed E-state index contributed by atoms with van der Waals surface area (Å²) in [7, 11) is 0. The molecule has 1 aromatic carbocycles. The van der Waals surface area contributed by atoms with Crippen LogP contribution >= 0.6 is 0 Å². The van der Waals surface area contributed by atoms with Gasteiger partial charge < -0.3 is 15.8 Å². The Morgan fingerprint density at radius 2 is 1.95 bits per heavy atom. The second-order valence-electron chi connectivity index (χ2n) is 5.16. The summed E-state index contributed by atoms with van der Waals surface area (Å²) in [6, 6.07) is 7.35. The molecule has 0 saturated heterocycles. The van der Waals surface area contributed by atoms with Gasteiger partial charge in [-0.25, -0.2) is 4.79 Å². The van der Waals surface area contributed by atoms with Crippen molar-refractivity contribution in [1.29, 1.82) is 0 Å². The topological polar surface area (TPSA) is 73.7 Å². The van der Waals surface area contributed by atoms with Gasteiger partial charge in [0, 0.05) is 11.6 Å². The zero-order valence-corrected chi connectivity index (χ0v) is 11.7. The lowest BCUT2D eigenvalue weighted by Crippen LogP contribution is -2.39. The lowest BCUT2D eigenvalue weighted by atomic mass is 9.96. The van der Waals surface area contributed by atoms with E-state index in [0.29, 0.717) is 17.0 Å². The number of urea groups is 1. The summed E-state index contributed by atoms with van der Waals surface area (Å²) >= 11 is 0. The van der Waals surface area contributed by atoms with Crippen LogP contribution in [-0.4, -0.2) is 23.0 Å². The fraction of sp³-hybridized carbons (Fsp3) is 0.467. The number of carbonyl (C=O) groups is 1. The van der Waals surface area contributed by atoms with E-state index in [1.165, 1.54) is 19.3 Å². The molecule has 0 bridgehead atoms. The predicted molar refractivity (Wildman–Crippen MR) is 79.5 cm³/mol. The number of carbonyl (C=O) groups excluding carboxylic acids is 1. The average molecular weight is 275 g/mol. The number of anilines is 1. The normalized spacial score (nSPS) is 16.8. The van der Waals surface area contributed by atoms with E-state index in [0.717, 1.165) is 12.8 Å². The number of oxime groups is 1. The van der Waals surface area contributed by atoms with Crippen molar-refractivity contribution in [1.82, 2.24) is 5.32 Å². The summed E-state index contributed by atoms with van der Waals surface area (Å²) in [5.41, 5.74) is 1.84. The van der Waals surface area contributed by atoms with E-state index in [9.17, 15) is 4.79 Å². The molecule has 0 aromatic heterocycles. The predicted octanol–water partition coefficient (Wildman–Crippen LogP) is 3.34. The van der Waals surface area contributed by atoms with Crippen LogP contribution in [0, 0.1) is 0 Å². The second kappa shape index (κ2) is 6.93. The maximum absolute atomic E-state index is 12.0. The summed E-state index contributed by atoms with van der Waals surface area (Å²) < 4.78 is 0. The third-order valence-electron chi connectivity index (χ3n) is 3.66. The molecule has 1 fully saturated rings. The molecule has 1 aliphatic rings. The first kappa shape index (κ1) is 14.4. The van der Waals surface area contributed by atoms with Crippen molar-refractivity contribution in [3.8, 4) is 0 Å². The molecule has 3 N–H and O–H groups in total. The highest BCUT2D eigenvalue weighted by Crippen LogP contribution is 2.19. The van der Waals surface area contributed by atoms with Gasteiger partial charge in [-0.3, -0.25) is 0 Å². The van der Waals surface area contributed by atoms with Gasteiger partial charge >= 0.3 is 6.03 Å². The van der Waals surface area contributed by atoms with Crippen LogP contribution in [0.5, 0.6) is 0 Å². The highest BCUT2D eigenvalue weighted by molar-refractivity contribution is 6.06. The zero-order chi connectivity index (χ0) is 14.4. The Kier molecular flexibility index (Phi) is 4.98. The Morgan fingerprint density at radius 3 is 2.65 bits per heavy atom. The number of hydrogen-bond donors (Lipinski definition) is 3.